The summed E-state index contributed by atoms with van der Waals surface area (Å²) in [5.41, 5.74) is 10.6. The van der Waals surface area contributed by atoms with E-state index in [-0.39, 0.29) is 11.1 Å². The number of para-hydroxylation sites is 4. The molecule has 0 spiro atoms. The maximum Gasteiger partial charge on any atom is 0.278 e. The van der Waals surface area contributed by atoms with E-state index in [2.05, 4.69) is 5.32 Å². The van der Waals surface area contributed by atoms with Gasteiger partial charge in [0.05, 0.1) is 11.4 Å². The van der Waals surface area contributed by atoms with E-state index in [1.165, 1.54) is 29.2 Å². The largest absolute Gasteiger partial charge is 0.397 e. The van der Waals surface area contributed by atoms with E-state index in [0.717, 1.165) is 0 Å². The van der Waals surface area contributed by atoms with Crippen molar-refractivity contribution in [3.8, 4) is 0 Å². The van der Waals surface area contributed by atoms with Crippen LogP contribution in [0.5, 0.6) is 0 Å². The average Bonchev–Trinajstić information content (AvgIpc) is 2.91. The first-order valence-electron chi connectivity index (χ1n) is 11.1. The van der Waals surface area contributed by atoms with Crippen LogP contribution in [0.3, 0.4) is 0 Å². The molecule has 0 saturated heterocycles. The van der Waals surface area contributed by atoms with Gasteiger partial charge in [-0.1, -0.05) is 60.7 Å². The summed E-state index contributed by atoms with van der Waals surface area (Å²) in [6, 6.07) is 29.4. The Morgan fingerprint density at radius 3 is 1.72 bits per heavy atom. The Balaban J connectivity index is 1.69. The number of anilines is 4. The van der Waals surface area contributed by atoms with Crippen molar-refractivity contribution in [3.05, 3.63) is 120 Å². The molecular formula is C28H24N4O4. The number of carbonyl (C=O) groups excluding carboxylic acids is 3. The fourth-order valence-electron chi connectivity index (χ4n) is 3.74. The Labute approximate surface area is 207 Å². The molecule has 36 heavy (non-hydrogen) atoms. The third kappa shape index (κ3) is 4.66. The van der Waals surface area contributed by atoms with E-state index in [1.54, 1.807) is 84.9 Å². The Kier molecular flexibility index (Phi) is 6.80. The minimum absolute atomic E-state index is 0.0763. The lowest BCUT2D eigenvalue weighted by molar-refractivity contribution is -0.150. The molecule has 1 atom stereocenters. The summed E-state index contributed by atoms with van der Waals surface area (Å²) < 4.78 is 0. The molecule has 0 aromatic heterocycles. The molecule has 8 heteroatoms. The van der Waals surface area contributed by atoms with Gasteiger partial charge in [-0.2, -0.15) is 0 Å². The summed E-state index contributed by atoms with van der Waals surface area (Å²) in [4.78, 5) is 40.2. The number of rotatable bonds is 7. The zero-order chi connectivity index (χ0) is 25.7. The van der Waals surface area contributed by atoms with Crippen LogP contribution in [0.4, 0.5) is 22.7 Å². The van der Waals surface area contributed by atoms with Crippen molar-refractivity contribution in [1.82, 2.24) is 0 Å². The number of hydrogen-bond donors (Lipinski definition) is 4. The lowest BCUT2D eigenvalue weighted by Gasteiger charge is -2.32. The summed E-state index contributed by atoms with van der Waals surface area (Å²) in [6.45, 7) is 0. The van der Waals surface area contributed by atoms with Gasteiger partial charge in [0.15, 0.2) is 0 Å². The summed E-state index contributed by atoms with van der Waals surface area (Å²) in [5, 5.41) is 14.1. The van der Waals surface area contributed by atoms with Gasteiger partial charge >= 0.3 is 0 Å². The quantitative estimate of drug-likeness (QED) is 0.237. The van der Waals surface area contributed by atoms with Crippen LogP contribution in [0.1, 0.15) is 15.9 Å². The molecule has 4 aromatic rings. The smallest absolute Gasteiger partial charge is 0.278 e. The second kappa shape index (κ2) is 10.1. The predicted octanol–water partition coefficient (Wildman–Crippen LogP) is 3.56. The molecule has 0 radical (unpaired) electrons. The molecular weight excluding hydrogens is 456 g/mol. The van der Waals surface area contributed by atoms with Crippen molar-refractivity contribution >= 4 is 40.5 Å². The Morgan fingerprint density at radius 1 is 0.722 bits per heavy atom. The van der Waals surface area contributed by atoms with Gasteiger partial charge < -0.3 is 21.9 Å². The Bertz CT molecular complexity index is 1350. The van der Waals surface area contributed by atoms with Gasteiger partial charge in [0.1, 0.15) is 0 Å². The predicted molar refractivity (Wildman–Crippen MR) is 138 cm³/mol. The van der Waals surface area contributed by atoms with E-state index in [0.29, 0.717) is 22.7 Å². The van der Waals surface area contributed by atoms with Gasteiger partial charge in [-0.3, -0.25) is 19.3 Å². The highest BCUT2D eigenvalue weighted by atomic mass is 16.3. The lowest BCUT2D eigenvalue weighted by Crippen LogP contribution is -2.53. The zero-order valence-electron chi connectivity index (χ0n) is 19.2. The maximum absolute atomic E-state index is 13.8. The number of nitrogens with one attached hydrogen (secondary N) is 1. The maximum atomic E-state index is 13.8. The normalized spacial score (nSPS) is 12.2. The highest BCUT2D eigenvalue weighted by molar-refractivity contribution is 6.17. The average molecular weight is 481 g/mol. The summed E-state index contributed by atoms with van der Waals surface area (Å²) in [6.07, 6.45) is 0. The fraction of sp³-hybridized carbons (Fsp3) is 0.0357. The molecule has 0 fully saturated rings. The first-order chi connectivity index (χ1) is 17.3. The molecule has 0 aliphatic rings. The van der Waals surface area contributed by atoms with E-state index in [1.807, 2.05) is 0 Å². The number of nitrogens with zero attached hydrogens (tertiary/aromatic N) is 1. The van der Waals surface area contributed by atoms with Crippen LogP contribution >= 0.6 is 0 Å². The summed E-state index contributed by atoms with van der Waals surface area (Å²) in [5.74, 6) is -2.66. The van der Waals surface area contributed by atoms with Crippen molar-refractivity contribution in [2.24, 2.45) is 5.73 Å². The van der Waals surface area contributed by atoms with Crippen molar-refractivity contribution in [3.63, 3.8) is 0 Å². The topological polar surface area (TPSA) is 139 Å². The molecule has 3 amide bonds. The number of primary amides is 1. The third-order valence-corrected chi connectivity index (χ3v) is 5.67. The number of nitrogens with two attached hydrogens (primary N) is 2. The van der Waals surface area contributed by atoms with E-state index < -0.39 is 23.3 Å². The molecule has 6 N–H and O–H groups in total. The molecule has 0 heterocycles. The minimum Gasteiger partial charge on any atom is -0.397 e. The highest BCUT2D eigenvalue weighted by Crippen LogP contribution is 2.33. The fourth-order valence-corrected chi connectivity index (χ4v) is 3.74. The van der Waals surface area contributed by atoms with Gasteiger partial charge in [0.2, 0.25) is 5.60 Å². The van der Waals surface area contributed by atoms with Crippen LogP contribution < -0.4 is 21.7 Å². The molecule has 0 saturated carbocycles. The van der Waals surface area contributed by atoms with Crippen LogP contribution in [0, 0.1) is 0 Å². The van der Waals surface area contributed by atoms with Gasteiger partial charge in [0.25, 0.3) is 17.7 Å². The molecule has 1 unspecified atom stereocenters. The first-order valence-corrected chi connectivity index (χ1v) is 11.1. The molecule has 0 aliphatic heterocycles. The van der Waals surface area contributed by atoms with Crippen molar-refractivity contribution in [2.75, 3.05) is 16.0 Å². The Hall–Kier alpha value is -4.95. The second-order valence-electron chi connectivity index (χ2n) is 8.01. The highest BCUT2D eigenvalue weighted by Gasteiger charge is 2.47. The van der Waals surface area contributed by atoms with E-state index in [4.69, 9.17) is 11.5 Å². The molecule has 4 rings (SSSR count). The first kappa shape index (κ1) is 24.2. The van der Waals surface area contributed by atoms with Gasteiger partial charge in [0, 0.05) is 22.5 Å². The molecule has 4 aromatic carbocycles. The lowest BCUT2D eigenvalue weighted by atomic mass is 9.90. The SMILES string of the molecule is NC(=O)C(O)(C(=O)N(c1ccccc1)c1ccccc1)c1ccc(C(=O)Nc2ccccc2N)cc1. The van der Waals surface area contributed by atoms with Crippen molar-refractivity contribution in [1.29, 1.82) is 0 Å². The van der Waals surface area contributed by atoms with Crippen LogP contribution in [-0.4, -0.2) is 22.8 Å². The number of aliphatic hydroxyl groups is 1. The number of hydrogen-bond acceptors (Lipinski definition) is 5. The number of amides is 3. The minimum atomic E-state index is -2.70. The molecule has 0 bridgehead atoms. The molecule has 0 aliphatic carbocycles. The van der Waals surface area contributed by atoms with Gasteiger partial charge in [-0.15, -0.1) is 0 Å². The van der Waals surface area contributed by atoms with Crippen LogP contribution in [-0.2, 0) is 15.2 Å². The van der Waals surface area contributed by atoms with Crippen LogP contribution in [0.15, 0.2) is 109 Å². The van der Waals surface area contributed by atoms with Crippen molar-refractivity contribution < 1.29 is 19.5 Å². The number of nitrogen functional groups attached to an aromatic ring is 1. The summed E-state index contributed by atoms with van der Waals surface area (Å²) >= 11 is 0. The van der Waals surface area contributed by atoms with Crippen LogP contribution in [0.2, 0.25) is 0 Å². The molecule has 180 valence electrons. The van der Waals surface area contributed by atoms with E-state index in [9.17, 15) is 19.5 Å². The van der Waals surface area contributed by atoms with Crippen LogP contribution in [0.25, 0.3) is 0 Å². The second-order valence-corrected chi connectivity index (χ2v) is 8.01. The number of benzene rings is 4. The third-order valence-electron chi connectivity index (χ3n) is 5.67. The molecule has 8 nitrogen and oxygen atoms in total. The van der Waals surface area contributed by atoms with Gasteiger partial charge in [-0.05, 0) is 48.5 Å². The zero-order valence-corrected chi connectivity index (χ0v) is 19.2. The monoisotopic (exact) mass is 480 g/mol. The number of carbonyl (C=O) groups is 3. The standard InChI is InChI=1S/C28H24N4O4/c29-23-13-7-8-14-24(23)31-25(33)19-15-17-20(18-16-19)28(36,26(30)34)27(35)32(21-9-3-1-4-10-21)22-11-5-2-6-12-22/h1-18,36H,29H2,(H2,30,34)(H,31,33). The Morgan fingerprint density at radius 2 is 1.22 bits per heavy atom. The van der Waals surface area contributed by atoms with E-state index >= 15 is 0 Å². The van der Waals surface area contributed by atoms with Gasteiger partial charge in [-0.25, -0.2) is 0 Å². The summed E-state index contributed by atoms with van der Waals surface area (Å²) in [7, 11) is 0. The van der Waals surface area contributed by atoms with Crippen molar-refractivity contribution in [2.45, 2.75) is 5.60 Å².